The SMILES string of the molecule is Cc1ccc(N2C(=O)CC[C@H]2c2nc(-c3ccc4onc(C)c4c3)cn2C[C@H](C)N2CCOCC2)cc1. The van der Waals surface area contributed by atoms with Crippen LogP contribution in [0.25, 0.3) is 22.2 Å². The van der Waals surface area contributed by atoms with Crippen LogP contribution in [0.4, 0.5) is 5.69 Å². The molecule has 37 heavy (non-hydrogen) atoms. The second kappa shape index (κ2) is 9.76. The first-order chi connectivity index (χ1) is 18.0. The molecule has 8 nitrogen and oxygen atoms in total. The van der Waals surface area contributed by atoms with Crippen LogP contribution in [-0.4, -0.2) is 57.9 Å². The highest BCUT2D eigenvalue weighted by Crippen LogP contribution is 2.38. The van der Waals surface area contributed by atoms with E-state index < -0.39 is 0 Å². The van der Waals surface area contributed by atoms with Gasteiger partial charge in [0.1, 0.15) is 5.82 Å². The van der Waals surface area contributed by atoms with Crippen LogP contribution in [0.2, 0.25) is 0 Å². The summed E-state index contributed by atoms with van der Waals surface area (Å²) in [6.07, 6.45) is 3.41. The first-order valence-electron chi connectivity index (χ1n) is 13.1. The summed E-state index contributed by atoms with van der Waals surface area (Å²) >= 11 is 0. The largest absolute Gasteiger partial charge is 0.379 e. The number of carbonyl (C=O) groups excluding carboxylic acids is 1. The molecule has 8 heteroatoms. The van der Waals surface area contributed by atoms with Gasteiger partial charge in [0.2, 0.25) is 5.91 Å². The molecule has 2 aromatic carbocycles. The van der Waals surface area contributed by atoms with Crippen molar-refractivity contribution in [2.75, 3.05) is 31.2 Å². The second-order valence-corrected chi connectivity index (χ2v) is 10.3. The Kier molecular flexibility index (Phi) is 6.30. The second-order valence-electron chi connectivity index (χ2n) is 10.3. The number of carbonyl (C=O) groups is 1. The normalized spacial score (nSPS) is 19.7. The van der Waals surface area contributed by atoms with Crippen molar-refractivity contribution in [2.45, 2.75) is 52.2 Å². The molecule has 0 saturated carbocycles. The number of ether oxygens (including phenoxy) is 1. The van der Waals surface area contributed by atoms with Gasteiger partial charge in [-0.15, -0.1) is 0 Å². The lowest BCUT2D eigenvalue weighted by molar-refractivity contribution is -0.117. The fourth-order valence-corrected chi connectivity index (χ4v) is 5.58. The molecule has 4 heterocycles. The van der Waals surface area contributed by atoms with Gasteiger partial charge in [-0.25, -0.2) is 4.98 Å². The van der Waals surface area contributed by atoms with Gasteiger partial charge in [0, 0.05) is 54.9 Å². The van der Waals surface area contributed by atoms with Crippen molar-refractivity contribution in [3.8, 4) is 11.3 Å². The third-order valence-corrected chi connectivity index (χ3v) is 7.71. The summed E-state index contributed by atoms with van der Waals surface area (Å²) < 4.78 is 13.3. The van der Waals surface area contributed by atoms with E-state index in [-0.39, 0.29) is 11.9 Å². The number of rotatable bonds is 6. The molecule has 2 fully saturated rings. The molecule has 192 valence electrons. The van der Waals surface area contributed by atoms with Crippen molar-refractivity contribution in [3.63, 3.8) is 0 Å². The Balaban J connectivity index is 1.40. The number of nitrogens with zero attached hydrogens (tertiary/aromatic N) is 5. The van der Waals surface area contributed by atoms with Crippen LogP contribution in [0, 0.1) is 13.8 Å². The molecule has 2 aliphatic heterocycles. The highest BCUT2D eigenvalue weighted by atomic mass is 16.5. The number of morpholine rings is 1. The molecular weight excluding hydrogens is 466 g/mol. The smallest absolute Gasteiger partial charge is 0.227 e. The third kappa shape index (κ3) is 4.55. The lowest BCUT2D eigenvalue weighted by Gasteiger charge is -2.33. The summed E-state index contributed by atoms with van der Waals surface area (Å²) in [5, 5.41) is 5.10. The van der Waals surface area contributed by atoms with Crippen LogP contribution in [0.5, 0.6) is 0 Å². The van der Waals surface area contributed by atoms with E-state index in [0.29, 0.717) is 12.5 Å². The maximum atomic E-state index is 13.1. The zero-order valence-corrected chi connectivity index (χ0v) is 21.7. The Hall–Kier alpha value is -3.49. The van der Waals surface area contributed by atoms with Crippen molar-refractivity contribution in [2.24, 2.45) is 0 Å². The number of amides is 1. The van der Waals surface area contributed by atoms with Crippen LogP contribution >= 0.6 is 0 Å². The van der Waals surface area contributed by atoms with Gasteiger partial charge in [0.25, 0.3) is 0 Å². The van der Waals surface area contributed by atoms with Crippen molar-refractivity contribution in [3.05, 3.63) is 65.7 Å². The number of aryl methyl sites for hydroxylation is 2. The summed E-state index contributed by atoms with van der Waals surface area (Å²) in [5.74, 6) is 1.08. The van der Waals surface area contributed by atoms with Gasteiger partial charge in [-0.2, -0.15) is 0 Å². The first-order valence-corrected chi connectivity index (χ1v) is 13.1. The Morgan fingerprint density at radius 2 is 1.86 bits per heavy atom. The number of imidazole rings is 1. The molecule has 0 radical (unpaired) electrons. The quantitative estimate of drug-likeness (QED) is 0.376. The van der Waals surface area contributed by atoms with Crippen LogP contribution in [0.15, 0.2) is 53.2 Å². The van der Waals surface area contributed by atoms with Gasteiger partial charge in [0.05, 0.1) is 30.6 Å². The molecular formula is C29H33N5O3. The Morgan fingerprint density at radius 1 is 1.08 bits per heavy atom. The predicted molar refractivity (Wildman–Crippen MR) is 142 cm³/mol. The van der Waals surface area contributed by atoms with Crippen molar-refractivity contribution < 1.29 is 14.1 Å². The lowest BCUT2D eigenvalue weighted by atomic mass is 10.1. The van der Waals surface area contributed by atoms with Crippen LogP contribution in [0.3, 0.4) is 0 Å². The first kappa shape index (κ1) is 23.9. The van der Waals surface area contributed by atoms with E-state index in [0.717, 1.165) is 78.7 Å². The lowest BCUT2D eigenvalue weighted by Crippen LogP contribution is -2.44. The van der Waals surface area contributed by atoms with E-state index in [1.54, 1.807) is 0 Å². The van der Waals surface area contributed by atoms with Gasteiger partial charge in [0.15, 0.2) is 5.58 Å². The molecule has 0 aliphatic carbocycles. The number of hydrogen-bond donors (Lipinski definition) is 0. The summed E-state index contributed by atoms with van der Waals surface area (Å²) in [4.78, 5) is 22.7. The fourth-order valence-electron chi connectivity index (χ4n) is 5.58. The Morgan fingerprint density at radius 3 is 2.65 bits per heavy atom. The number of hydrogen-bond acceptors (Lipinski definition) is 6. The number of aromatic nitrogens is 3. The number of anilines is 1. The van der Waals surface area contributed by atoms with Gasteiger partial charge in [-0.3, -0.25) is 9.69 Å². The highest BCUT2D eigenvalue weighted by Gasteiger charge is 2.37. The molecule has 6 rings (SSSR count). The van der Waals surface area contributed by atoms with E-state index >= 15 is 0 Å². The molecule has 2 atom stereocenters. The monoisotopic (exact) mass is 499 g/mol. The zero-order chi connectivity index (χ0) is 25.5. The summed E-state index contributed by atoms with van der Waals surface area (Å²) in [6, 6.07) is 14.5. The third-order valence-electron chi connectivity index (χ3n) is 7.71. The predicted octanol–water partition coefficient (Wildman–Crippen LogP) is 4.90. The topological polar surface area (TPSA) is 76.6 Å². The summed E-state index contributed by atoms with van der Waals surface area (Å²) in [6.45, 7) is 10.5. The van der Waals surface area contributed by atoms with Crippen LogP contribution in [-0.2, 0) is 16.1 Å². The van der Waals surface area contributed by atoms with Gasteiger partial charge < -0.3 is 18.7 Å². The van der Waals surface area contributed by atoms with Gasteiger partial charge >= 0.3 is 0 Å². The Labute approximate surface area is 216 Å². The molecule has 0 N–H and O–H groups in total. The van der Waals surface area contributed by atoms with E-state index in [4.69, 9.17) is 14.2 Å². The van der Waals surface area contributed by atoms with Crippen molar-refractivity contribution in [1.82, 2.24) is 19.6 Å². The number of fused-ring (bicyclic) bond motifs is 1. The van der Waals surface area contributed by atoms with Crippen molar-refractivity contribution >= 4 is 22.6 Å². The molecule has 2 aromatic heterocycles. The highest BCUT2D eigenvalue weighted by molar-refractivity contribution is 5.96. The molecule has 0 unspecified atom stereocenters. The summed E-state index contributed by atoms with van der Waals surface area (Å²) in [5.41, 5.74) is 5.66. The van der Waals surface area contributed by atoms with Crippen LogP contribution < -0.4 is 4.90 Å². The van der Waals surface area contributed by atoms with Gasteiger partial charge in [-0.05, 0) is 57.5 Å². The summed E-state index contributed by atoms with van der Waals surface area (Å²) in [7, 11) is 0. The minimum absolute atomic E-state index is 0.109. The standard InChI is InChI=1S/C29H33N5O3/c1-19-4-7-23(8-5-19)34-26(9-11-28(34)35)29-30-25(22-6-10-27-24(16-22)21(3)31-37-27)18-33(29)17-20(2)32-12-14-36-15-13-32/h4-8,10,16,18,20,26H,9,11-15,17H2,1-3H3/t20-,26-/m0/s1. The zero-order valence-electron chi connectivity index (χ0n) is 21.7. The average molecular weight is 500 g/mol. The fraction of sp³-hybridized carbons (Fsp3) is 0.414. The maximum absolute atomic E-state index is 13.1. The molecule has 2 saturated heterocycles. The minimum atomic E-state index is -0.109. The average Bonchev–Trinajstić information content (AvgIpc) is 3.62. The molecule has 0 spiro atoms. The Bertz CT molecular complexity index is 1420. The molecule has 2 aliphatic rings. The van der Waals surface area contributed by atoms with Crippen molar-refractivity contribution in [1.29, 1.82) is 0 Å². The van der Waals surface area contributed by atoms with E-state index in [1.807, 2.05) is 36.1 Å². The molecule has 0 bridgehead atoms. The number of benzene rings is 2. The minimum Gasteiger partial charge on any atom is -0.379 e. The van der Waals surface area contributed by atoms with E-state index in [1.165, 1.54) is 5.56 Å². The van der Waals surface area contributed by atoms with Crippen LogP contribution in [0.1, 0.15) is 42.9 Å². The van der Waals surface area contributed by atoms with Gasteiger partial charge in [-0.1, -0.05) is 22.9 Å². The maximum Gasteiger partial charge on any atom is 0.227 e. The van der Waals surface area contributed by atoms with E-state index in [2.05, 4.69) is 52.9 Å². The molecule has 1 amide bonds. The molecule has 4 aromatic rings. The van der Waals surface area contributed by atoms with E-state index in [9.17, 15) is 4.79 Å².